The number of nitrogens with one attached hydrogen (secondary N) is 1. The van der Waals surface area contributed by atoms with Crippen LogP contribution < -0.4 is 9.64 Å². The van der Waals surface area contributed by atoms with E-state index in [-0.39, 0.29) is 31.3 Å². The van der Waals surface area contributed by atoms with Gasteiger partial charge in [0.25, 0.3) is 0 Å². The lowest BCUT2D eigenvalue weighted by molar-refractivity contribution is -0.858. The van der Waals surface area contributed by atoms with Gasteiger partial charge in [0.15, 0.2) is 0 Å². The molecule has 2 N–H and O–H groups in total. The lowest BCUT2D eigenvalue weighted by atomic mass is 9.94. The summed E-state index contributed by atoms with van der Waals surface area (Å²) in [6.45, 7) is 5.75. The highest BCUT2D eigenvalue weighted by Crippen LogP contribution is 2.44. The zero-order valence-electron chi connectivity index (χ0n) is 28.8. The Morgan fingerprint density at radius 3 is 1.86 bits per heavy atom. The fraction of sp³-hybridized carbons (Fsp3) is 0.806. The fourth-order valence-corrected chi connectivity index (χ4v) is 6.29. The molecule has 1 aromatic carbocycles. The standard InChI is InChI=1S/C36H66NO6P/c1-5-7-8-9-10-11-12-13-14-15-16-17-18-19-20-23-28-41-36-26-22-21-25-34(36)30-33(31-35(38)6-2)32-43-44(39,40)42-29-24-27-37(3)4/h21-22,25-26,33H,5-20,23-24,27-32H2,1-4H3,(H,39,40)/p+1. The van der Waals surface area contributed by atoms with E-state index in [9.17, 15) is 14.3 Å². The summed E-state index contributed by atoms with van der Waals surface area (Å²) in [5, 5.41) is 0. The van der Waals surface area contributed by atoms with Crippen molar-refractivity contribution in [2.75, 3.05) is 40.5 Å². The molecule has 2 atom stereocenters. The molecule has 0 aliphatic rings. The van der Waals surface area contributed by atoms with Crippen LogP contribution in [-0.2, 0) is 24.8 Å². The van der Waals surface area contributed by atoms with E-state index in [4.69, 9.17) is 13.8 Å². The van der Waals surface area contributed by atoms with Gasteiger partial charge in [-0.15, -0.1) is 0 Å². The number of carbonyl (C=O) groups excluding carboxylic acids is 1. The number of unbranched alkanes of at least 4 members (excludes halogenated alkanes) is 15. The second-order valence-corrected chi connectivity index (χ2v) is 14.3. The van der Waals surface area contributed by atoms with Gasteiger partial charge in [0.2, 0.25) is 0 Å². The Kier molecular flexibility index (Phi) is 25.0. The molecule has 0 aromatic heterocycles. The molecular weight excluding hydrogens is 573 g/mol. The molecule has 8 heteroatoms. The third-order valence-corrected chi connectivity index (χ3v) is 9.18. The number of quaternary nitrogens is 1. The van der Waals surface area contributed by atoms with Crippen LogP contribution in [0.25, 0.3) is 0 Å². The lowest BCUT2D eigenvalue weighted by Gasteiger charge is -2.20. The highest BCUT2D eigenvalue weighted by molar-refractivity contribution is 7.47. The van der Waals surface area contributed by atoms with Gasteiger partial charge in [-0.1, -0.05) is 128 Å². The van der Waals surface area contributed by atoms with Gasteiger partial charge in [-0.25, -0.2) is 4.57 Å². The first-order valence-electron chi connectivity index (χ1n) is 17.9. The van der Waals surface area contributed by atoms with Gasteiger partial charge in [0.1, 0.15) is 11.5 Å². The van der Waals surface area contributed by atoms with Crippen molar-refractivity contribution in [3.63, 3.8) is 0 Å². The van der Waals surface area contributed by atoms with Crippen LogP contribution in [0.4, 0.5) is 0 Å². The number of para-hydroxylation sites is 1. The predicted octanol–water partition coefficient (Wildman–Crippen LogP) is 8.52. The van der Waals surface area contributed by atoms with Gasteiger partial charge in [-0.2, -0.15) is 0 Å². The minimum atomic E-state index is -4.17. The summed E-state index contributed by atoms with van der Waals surface area (Å²) < 4.78 is 29.1. The number of phosphoric ester groups is 1. The lowest BCUT2D eigenvalue weighted by Crippen LogP contribution is -3.05. The Balaban J connectivity index is 2.31. The number of benzene rings is 1. The van der Waals surface area contributed by atoms with Crippen molar-refractivity contribution in [2.24, 2.45) is 5.92 Å². The van der Waals surface area contributed by atoms with E-state index in [0.717, 1.165) is 24.3 Å². The van der Waals surface area contributed by atoms with E-state index in [2.05, 4.69) is 6.92 Å². The summed E-state index contributed by atoms with van der Waals surface area (Å²) in [5.74, 6) is 0.683. The van der Waals surface area contributed by atoms with E-state index >= 15 is 0 Å². The molecule has 0 spiro atoms. The minimum absolute atomic E-state index is 0.0219. The first kappa shape index (κ1) is 40.8. The van der Waals surface area contributed by atoms with Crippen molar-refractivity contribution in [1.29, 1.82) is 0 Å². The SMILES string of the molecule is CCCCCCCCCCCCCCCCCCOc1ccccc1CC(COP(=O)(O)OCCC[NH+](C)C)CC(=O)CC. The van der Waals surface area contributed by atoms with Gasteiger partial charge in [-0.3, -0.25) is 13.8 Å². The molecule has 0 saturated heterocycles. The molecule has 0 fully saturated rings. The number of hydrogen-bond acceptors (Lipinski definition) is 5. The number of ether oxygens (including phenoxy) is 1. The van der Waals surface area contributed by atoms with E-state index in [1.165, 1.54) is 101 Å². The fourth-order valence-electron chi connectivity index (χ4n) is 5.46. The van der Waals surface area contributed by atoms with Crippen LogP contribution in [0.2, 0.25) is 0 Å². The van der Waals surface area contributed by atoms with E-state index in [0.29, 0.717) is 25.9 Å². The zero-order chi connectivity index (χ0) is 32.3. The number of hydrogen-bond donors (Lipinski definition) is 2. The molecule has 1 rings (SSSR count). The van der Waals surface area contributed by atoms with Crippen molar-refractivity contribution in [1.82, 2.24) is 0 Å². The Bertz CT molecular complexity index is 880. The molecule has 0 heterocycles. The first-order chi connectivity index (χ1) is 21.3. The van der Waals surface area contributed by atoms with E-state index in [1.807, 2.05) is 45.3 Å². The molecule has 44 heavy (non-hydrogen) atoms. The molecule has 7 nitrogen and oxygen atoms in total. The largest absolute Gasteiger partial charge is 0.493 e. The van der Waals surface area contributed by atoms with Crippen LogP contribution in [0.3, 0.4) is 0 Å². The second-order valence-electron chi connectivity index (χ2n) is 12.8. The summed E-state index contributed by atoms with van der Waals surface area (Å²) >= 11 is 0. The molecule has 0 bridgehead atoms. The van der Waals surface area contributed by atoms with Gasteiger partial charge in [0, 0.05) is 19.3 Å². The number of rotatable bonds is 31. The van der Waals surface area contributed by atoms with E-state index < -0.39 is 7.82 Å². The predicted molar refractivity (Wildman–Crippen MR) is 183 cm³/mol. The monoisotopic (exact) mass is 640 g/mol. The number of ketones is 1. The molecule has 0 radical (unpaired) electrons. The van der Waals surface area contributed by atoms with Crippen LogP contribution >= 0.6 is 7.82 Å². The van der Waals surface area contributed by atoms with Gasteiger partial charge >= 0.3 is 7.82 Å². The van der Waals surface area contributed by atoms with Crippen LogP contribution in [-0.4, -0.2) is 51.1 Å². The van der Waals surface area contributed by atoms with E-state index in [1.54, 1.807) is 0 Å². The topological polar surface area (TPSA) is 86.5 Å². The maximum Gasteiger partial charge on any atom is 0.472 e. The summed E-state index contributed by atoms with van der Waals surface area (Å²) in [7, 11) is -0.133. The minimum Gasteiger partial charge on any atom is -0.493 e. The third-order valence-electron chi connectivity index (χ3n) is 8.20. The van der Waals surface area contributed by atoms with Crippen LogP contribution in [0, 0.1) is 5.92 Å². The van der Waals surface area contributed by atoms with Crippen LogP contribution in [0.15, 0.2) is 24.3 Å². The Morgan fingerprint density at radius 2 is 1.32 bits per heavy atom. The number of phosphoric acid groups is 1. The molecule has 0 amide bonds. The van der Waals surface area contributed by atoms with Crippen molar-refractivity contribution in [3.8, 4) is 5.75 Å². The average molecular weight is 641 g/mol. The molecule has 0 saturated carbocycles. The Morgan fingerprint density at radius 1 is 0.773 bits per heavy atom. The highest BCUT2D eigenvalue weighted by Gasteiger charge is 2.25. The van der Waals surface area contributed by atoms with Crippen molar-refractivity contribution >= 4 is 13.6 Å². The highest BCUT2D eigenvalue weighted by atomic mass is 31.2. The Labute approximate surface area is 270 Å². The molecule has 1 aromatic rings. The molecule has 2 unspecified atom stereocenters. The first-order valence-corrected chi connectivity index (χ1v) is 19.4. The van der Waals surface area contributed by atoms with Crippen LogP contribution in [0.5, 0.6) is 5.75 Å². The number of Topliss-reactive ketones (excluding diaryl/α,β-unsaturated/α-hetero) is 1. The molecule has 0 aliphatic carbocycles. The summed E-state index contributed by atoms with van der Waals surface area (Å²) in [6.07, 6.45) is 23.4. The summed E-state index contributed by atoms with van der Waals surface area (Å²) in [5.41, 5.74) is 0.990. The van der Waals surface area contributed by atoms with Gasteiger partial charge < -0.3 is 14.5 Å². The Hall–Kier alpha value is -1.24. The third kappa shape index (κ3) is 23.1. The van der Waals surface area contributed by atoms with Gasteiger partial charge in [-0.05, 0) is 30.4 Å². The zero-order valence-corrected chi connectivity index (χ0v) is 29.7. The second kappa shape index (κ2) is 26.9. The summed E-state index contributed by atoms with van der Waals surface area (Å²) in [4.78, 5) is 23.7. The normalized spacial score (nSPS) is 13.7. The smallest absolute Gasteiger partial charge is 0.472 e. The average Bonchev–Trinajstić information content (AvgIpc) is 3.00. The summed E-state index contributed by atoms with van der Waals surface area (Å²) in [6, 6.07) is 7.89. The number of carbonyl (C=O) groups is 1. The van der Waals surface area contributed by atoms with Crippen molar-refractivity contribution in [3.05, 3.63) is 29.8 Å². The molecule has 0 aliphatic heterocycles. The van der Waals surface area contributed by atoms with Crippen LogP contribution in [0.1, 0.15) is 141 Å². The molecule has 256 valence electrons. The van der Waals surface area contributed by atoms with Gasteiger partial charge in [0.05, 0.1) is 40.5 Å². The maximum atomic E-state index is 12.4. The van der Waals surface area contributed by atoms with Crippen molar-refractivity contribution < 1.29 is 32.9 Å². The van der Waals surface area contributed by atoms with Crippen molar-refractivity contribution in [2.45, 2.75) is 142 Å². The molecular formula is C36H67NO6P+. The quantitative estimate of drug-likeness (QED) is 0.0625. The maximum absolute atomic E-state index is 12.4.